The van der Waals surface area contributed by atoms with Crippen molar-refractivity contribution in [2.75, 3.05) is 6.61 Å². The molecular formula is C19H21NO4. The van der Waals surface area contributed by atoms with E-state index in [1.165, 1.54) is 6.26 Å². The molecule has 5 nitrogen and oxygen atoms in total. The second kappa shape index (κ2) is 7.06. The average molecular weight is 327 g/mol. The Hall–Kier alpha value is -2.32. The van der Waals surface area contributed by atoms with Crippen LogP contribution in [-0.2, 0) is 14.3 Å². The Bertz CT molecular complexity index is 684. The van der Waals surface area contributed by atoms with Gasteiger partial charge in [-0.05, 0) is 49.9 Å². The first-order chi connectivity index (χ1) is 11.6. The lowest BCUT2D eigenvalue weighted by Crippen LogP contribution is -2.42. The Morgan fingerprint density at radius 3 is 2.71 bits per heavy atom. The molecule has 0 radical (unpaired) electrons. The van der Waals surface area contributed by atoms with Crippen LogP contribution >= 0.6 is 0 Å². The van der Waals surface area contributed by atoms with E-state index in [1.54, 1.807) is 0 Å². The van der Waals surface area contributed by atoms with Gasteiger partial charge in [-0.15, -0.1) is 0 Å². The normalized spacial score (nSPS) is 26.0. The van der Waals surface area contributed by atoms with E-state index in [9.17, 15) is 4.79 Å². The van der Waals surface area contributed by atoms with Crippen molar-refractivity contribution in [2.45, 2.75) is 45.3 Å². The van der Waals surface area contributed by atoms with Crippen molar-refractivity contribution in [3.63, 3.8) is 0 Å². The first kappa shape index (κ1) is 16.5. The highest BCUT2D eigenvalue weighted by Gasteiger charge is 2.41. The zero-order valence-electron chi connectivity index (χ0n) is 14.0. The van der Waals surface area contributed by atoms with Gasteiger partial charge in [-0.25, -0.2) is 0 Å². The van der Waals surface area contributed by atoms with Gasteiger partial charge in [-0.3, -0.25) is 4.79 Å². The van der Waals surface area contributed by atoms with Crippen LogP contribution in [0.2, 0.25) is 0 Å². The Labute approximate surface area is 141 Å². The molecule has 1 aliphatic heterocycles. The molecule has 1 aromatic rings. The van der Waals surface area contributed by atoms with Crippen LogP contribution in [-0.4, -0.2) is 24.6 Å². The maximum Gasteiger partial charge on any atom is 0.207 e. The zero-order chi connectivity index (χ0) is 17.1. The highest BCUT2D eigenvalue weighted by molar-refractivity contribution is 5.96. The average Bonchev–Trinajstić information content (AvgIpc) is 2.54. The van der Waals surface area contributed by atoms with Gasteiger partial charge in [0.25, 0.3) is 0 Å². The Morgan fingerprint density at radius 2 is 2.00 bits per heavy atom. The number of Topliss-reactive ketones (excluding diaryl/α,β-unsaturated/α-hetero) is 1. The second-order valence-electron chi connectivity index (χ2n) is 6.46. The molecule has 1 aliphatic carbocycles. The van der Waals surface area contributed by atoms with Crippen molar-refractivity contribution < 1.29 is 19.0 Å². The third-order valence-corrected chi connectivity index (χ3v) is 4.48. The summed E-state index contributed by atoms with van der Waals surface area (Å²) in [5.41, 5.74) is 2.17. The van der Waals surface area contributed by atoms with Crippen molar-refractivity contribution in [3.8, 4) is 11.8 Å². The summed E-state index contributed by atoms with van der Waals surface area (Å²) in [6, 6.07) is 7.84. The van der Waals surface area contributed by atoms with E-state index in [-0.39, 0.29) is 36.3 Å². The lowest BCUT2D eigenvalue weighted by Gasteiger charge is -2.36. The number of nitriles is 1. The van der Waals surface area contributed by atoms with E-state index in [4.69, 9.17) is 19.5 Å². The highest BCUT2D eigenvalue weighted by atomic mass is 16.5. The third-order valence-electron chi connectivity index (χ3n) is 4.48. The fourth-order valence-electron chi connectivity index (χ4n) is 3.43. The lowest BCUT2D eigenvalue weighted by atomic mass is 9.80. The van der Waals surface area contributed by atoms with E-state index in [0.717, 1.165) is 17.5 Å². The summed E-state index contributed by atoms with van der Waals surface area (Å²) >= 11 is 0. The van der Waals surface area contributed by atoms with Crippen LogP contribution in [0.4, 0.5) is 0 Å². The van der Waals surface area contributed by atoms with E-state index >= 15 is 0 Å². The number of allylic oxidation sites excluding steroid dienone is 1. The fraction of sp³-hybridized carbons (Fsp3) is 0.474. The number of ether oxygens (including phenoxy) is 3. The van der Waals surface area contributed by atoms with Gasteiger partial charge in [0.1, 0.15) is 24.7 Å². The largest absolute Gasteiger partial charge is 0.493 e. The lowest BCUT2D eigenvalue weighted by molar-refractivity contribution is -0.133. The topological polar surface area (TPSA) is 68.6 Å². The molecule has 2 aliphatic rings. The molecule has 3 rings (SSSR count). The minimum Gasteiger partial charge on any atom is -0.493 e. The van der Waals surface area contributed by atoms with Crippen LogP contribution in [0.15, 0.2) is 30.2 Å². The van der Waals surface area contributed by atoms with E-state index < -0.39 is 0 Å². The predicted octanol–water partition coefficient (Wildman–Crippen LogP) is 3.20. The maximum absolute atomic E-state index is 12.7. The SMILES string of the molecule is Cc1cc(C)cc(OC2=COC3CC(OCC#N)CCC3C2=O)c1. The van der Waals surface area contributed by atoms with Crippen LogP contribution in [0, 0.1) is 31.1 Å². The quantitative estimate of drug-likeness (QED) is 0.849. The molecule has 1 aromatic carbocycles. The summed E-state index contributed by atoms with van der Waals surface area (Å²) in [5.74, 6) is 0.708. The minimum atomic E-state index is -0.196. The minimum absolute atomic E-state index is 0.0101. The van der Waals surface area contributed by atoms with Gasteiger partial charge in [0.05, 0.1) is 18.1 Å². The van der Waals surface area contributed by atoms with Crippen LogP contribution in [0.1, 0.15) is 30.4 Å². The van der Waals surface area contributed by atoms with Crippen molar-refractivity contribution in [1.29, 1.82) is 5.26 Å². The molecule has 1 saturated carbocycles. The van der Waals surface area contributed by atoms with Gasteiger partial charge >= 0.3 is 0 Å². The van der Waals surface area contributed by atoms with Crippen LogP contribution in [0.3, 0.4) is 0 Å². The molecule has 3 unspecified atom stereocenters. The molecule has 0 amide bonds. The Balaban J connectivity index is 1.69. The van der Waals surface area contributed by atoms with Gasteiger partial charge in [0.15, 0.2) is 0 Å². The molecule has 0 N–H and O–H groups in total. The molecule has 3 atom stereocenters. The van der Waals surface area contributed by atoms with Gasteiger partial charge in [-0.1, -0.05) is 6.07 Å². The molecular weight excluding hydrogens is 306 g/mol. The van der Waals surface area contributed by atoms with Gasteiger partial charge in [-0.2, -0.15) is 5.26 Å². The smallest absolute Gasteiger partial charge is 0.207 e. The predicted molar refractivity (Wildman–Crippen MR) is 87.2 cm³/mol. The van der Waals surface area contributed by atoms with Crippen LogP contribution in [0.25, 0.3) is 0 Å². The molecule has 24 heavy (non-hydrogen) atoms. The third kappa shape index (κ3) is 3.60. The molecule has 0 spiro atoms. The number of carbonyl (C=O) groups excluding carboxylic acids is 1. The second-order valence-corrected chi connectivity index (χ2v) is 6.46. The number of hydrogen-bond donors (Lipinski definition) is 0. The van der Waals surface area contributed by atoms with E-state index in [2.05, 4.69) is 6.07 Å². The molecule has 0 aromatic heterocycles. The number of ketones is 1. The van der Waals surface area contributed by atoms with Crippen molar-refractivity contribution >= 4 is 5.78 Å². The number of nitrogens with zero attached hydrogens (tertiary/aromatic N) is 1. The summed E-state index contributed by atoms with van der Waals surface area (Å²) < 4.78 is 17.0. The summed E-state index contributed by atoms with van der Waals surface area (Å²) in [6.07, 6.45) is 3.29. The molecule has 1 heterocycles. The standard InChI is InChI=1S/C19H21NO4/c1-12-7-13(2)9-15(8-12)24-18-11-23-17-10-14(22-6-5-20)3-4-16(17)19(18)21/h7-9,11,14,16-17H,3-4,6,10H2,1-2H3. The first-order valence-corrected chi connectivity index (χ1v) is 8.21. The van der Waals surface area contributed by atoms with Crippen LogP contribution in [0.5, 0.6) is 5.75 Å². The van der Waals surface area contributed by atoms with Crippen LogP contribution < -0.4 is 4.74 Å². The fourth-order valence-corrected chi connectivity index (χ4v) is 3.43. The molecule has 126 valence electrons. The monoisotopic (exact) mass is 327 g/mol. The van der Waals surface area contributed by atoms with Crippen molar-refractivity contribution in [2.24, 2.45) is 5.92 Å². The number of carbonyl (C=O) groups is 1. The number of rotatable bonds is 4. The number of hydrogen-bond acceptors (Lipinski definition) is 5. The Kier molecular flexibility index (Phi) is 4.86. The number of benzene rings is 1. The summed E-state index contributed by atoms with van der Waals surface area (Å²) in [5, 5.41) is 8.60. The number of fused-ring (bicyclic) bond motifs is 1. The zero-order valence-corrected chi connectivity index (χ0v) is 14.0. The first-order valence-electron chi connectivity index (χ1n) is 8.21. The summed E-state index contributed by atoms with van der Waals surface area (Å²) in [7, 11) is 0. The van der Waals surface area contributed by atoms with E-state index in [1.807, 2.05) is 32.0 Å². The van der Waals surface area contributed by atoms with Gasteiger partial charge < -0.3 is 14.2 Å². The van der Waals surface area contributed by atoms with Crippen molar-refractivity contribution in [1.82, 2.24) is 0 Å². The molecule has 0 bridgehead atoms. The number of aryl methyl sites for hydroxylation is 2. The van der Waals surface area contributed by atoms with Gasteiger partial charge in [0.2, 0.25) is 11.5 Å². The van der Waals surface area contributed by atoms with Gasteiger partial charge in [0, 0.05) is 6.42 Å². The summed E-state index contributed by atoms with van der Waals surface area (Å²) in [4.78, 5) is 12.7. The molecule has 5 heteroatoms. The highest BCUT2D eigenvalue weighted by Crippen LogP contribution is 2.35. The van der Waals surface area contributed by atoms with Crippen molar-refractivity contribution in [3.05, 3.63) is 41.3 Å². The molecule has 1 fully saturated rings. The Morgan fingerprint density at radius 1 is 1.25 bits per heavy atom. The van der Waals surface area contributed by atoms with E-state index in [0.29, 0.717) is 18.6 Å². The maximum atomic E-state index is 12.7. The summed E-state index contributed by atoms with van der Waals surface area (Å²) in [6.45, 7) is 4.06. The molecule has 0 saturated heterocycles.